The van der Waals surface area contributed by atoms with Gasteiger partial charge in [-0.3, -0.25) is 0 Å². The molecule has 0 bridgehead atoms. The Balaban J connectivity index is 1.12. The van der Waals surface area contributed by atoms with Crippen molar-refractivity contribution in [1.29, 1.82) is 0 Å². The third-order valence-corrected chi connectivity index (χ3v) is 12.6. The number of benzene rings is 8. The van der Waals surface area contributed by atoms with Gasteiger partial charge in [0.25, 0.3) is 11.1 Å². The maximum atomic E-state index is 3.98. The summed E-state index contributed by atoms with van der Waals surface area (Å²) < 4.78 is 4.99. The minimum absolute atomic E-state index is 0.0500. The molecule has 8 aromatic carbocycles. The van der Waals surface area contributed by atoms with Crippen molar-refractivity contribution >= 4 is 44.0 Å². The van der Waals surface area contributed by atoms with Crippen LogP contribution in [0.4, 0.5) is 0 Å². The zero-order chi connectivity index (χ0) is 39.5. The van der Waals surface area contributed by atoms with Gasteiger partial charge in [-0.1, -0.05) is 170 Å². The van der Waals surface area contributed by atoms with Crippen molar-refractivity contribution in [1.82, 2.24) is 14.7 Å². The number of nitrogens with one attached hydrogen (secondary N) is 1. The summed E-state index contributed by atoms with van der Waals surface area (Å²) >= 11 is 0. The third-order valence-electron chi connectivity index (χ3n) is 12.6. The molecule has 0 spiro atoms. The fourth-order valence-electron chi connectivity index (χ4n) is 9.65. The molecule has 2 atom stereocenters. The highest BCUT2D eigenvalue weighted by Crippen LogP contribution is 2.38. The lowest BCUT2D eigenvalue weighted by Crippen LogP contribution is -2.89. The van der Waals surface area contributed by atoms with Crippen molar-refractivity contribution in [3.63, 3.8) is 0 Å². The summed E-state index contributed by atoms with van der Waals surface area (Å²) in [6, 6.07) is 67.1. The summed E-state index contributed by atoms with van der Waals surface area (Å²) in [7, 11) is 0. The van der Waals surface area contributed by atoms with E-state index in [1.807, 2.05) is 0 Å². The van der Waals surface area contributed by atoms with Gasteiger partial charge in [0.15, 0.2) is 6.17 Å². The van der Waals surface area contributed by atoms with E-state index >= 15 is 0 Å². The number of aromatic nitrogens is 1. The molecule has 2 aliphatic heterocycles. The van der Waals surface area contributed by atoms with Crippen LogP contribution in [0.25, 0.3) is 55.1 Å². The second kappa shape index (κ2) is 14.4. The quantitative estimate of drug-likeness (QED) is 0.149. The van der Waals surface area contributed by atoms with Gasteiger partial charge in [0.1, 0.15) is 22.3 Å². The summed E-state index contributed by atoms with van der Waals surface area (Å²) in [5, 5.41) is 14.1. The van der Waals surface area contributed by atoms with Crippen molar-refractivity contribution in [2.45, 2.75) is 38.9 Å². The fraction of sp³-hybridized carbons (Fsp3) is 0.109. The Hall–Kier alpha value is -7.01. The topological polar surface area (TPSA) is 36.6 Å². The molecular weight excluding hydrogens is 717 g/mol. The van der Waals surface area contributed by atoms with E-state index in [-0.39, 0.29) is 12.2 Å². The first-order chi connectivity index (χ1) is 29.2. The Morgan fingerprint density at radius 3 is 2.05 bits per heavy atom. The van der Waals surface area contributed by atoms with E-state index < -0.39 is 0 Å². The zero-order valence-electron chi connectivity index (χ0n) is 33.4. The normalized spacial score (nSPS) is 16.2. The third kappa shape index (κ3) is 5.82. The Bertz CT molecular complexity index is 3230. The standard InChI is InChI=1S/C55H45N4/c1-3-36-16-11-14-24-45(36)54-52-37(4-2)22-15-25-50(52)59(54)58-49-32-31-43(34-46(49)53-44-23-13-12-19-40(44)30-33-51(53)58)48-35-47(56-55(57-48)42-20-9-6-10-21-42)41-28-26-39(27-29-41)38-17-7-5-8-18-38/h5-35,47,55-57H,3-4H2,1-2H3/q+1/p+1. The lowest BCUT2D eigenvalue weighted by atomic mass is 9.95. The number of hydrogen-bond acceptors (Lipinski definition) is 1. The lowest BCUT2D eigenvalue weighted by molar-refractivity contribution is -0.731. The predicted octanol–water partition coefficient (Wildman–Crippen LogP) is 9.81. The summed E-state index contributed by atoms with van der Waals surface area (Å²) in [6.45, 7) is 4.54. The molecule has 0 aliphatic carbocycles. The van der Waals surface area contributed by atoms with Gasteiger partial charge >= 0.3 is 0 Å². The van der Waals surface area contributed by atoms with Crippen LogP contribution in [0.15, 0.2) is 188 Å². The van der Waals surface area contributed by atoms with Gasteiger partial charge in [-0.15, -0.1) is 4.68 Å². The first-order valence-electron chi connectivity index (χ1n) is 21.1. The Morgan fingerprint density at radius 2 is 1.24 bits per heavy atom. The predicted molar refractivity (Wildman–Crippen MR) is 244 cm³/mol. The van der Waals surface area contributed by atoms with Crippen LogP contribution in [0.2, 0.25) is 0 Å². The highest BCUT2D eigenvalue weighted by atomic mass is 15.5. The molecule has 0 radical (unpaired) electrons. The minimum Gasteiger partial charge on any atom is -0.332 e. The van der Waals surface area contributed by atoms with E-state index in [0.29, 0.717) is 0 Å². The molecule has 0 saturated heterocycles. The summed E-state index contributed by atoms with van der Waals surface area (Å²) in [5.41, 5.74) is 15.1. The SMILES string of the molecule is CCc1ccccc1C1=c2c(CC)cccc2=[N+]1n1c2ccc(C3=CC(c4ccc(-c5ccccc5)cc4)[NH2+]C(c4ccccc4)N3)cc2c2c3ccccc3ccc21. The van der Waals surface area contributed by atoms with Gasteiger partial charge in [0, 0.05) is 39.7 Å². The average molecular weight is 763 g/mol. The second-order valence-corrected chi connectivity index (χ2v) is 15.9. The molecule has 0 amide bonds. The van der Waals surface area contributed by atoms with Crippen molar-refractivity contribution in [2.75, 3.05) is 0 Å². The molecule has 3 heterocycles. The van der Waals surface area contributed by atoms with Crippen LogP contribution in [0, 0.1) is 0 Å². The van der Waals surface area contributed by atoms with Crippen LogP contribution < -0.4 is 25.9 Å². The second-order valence-electron chi connectivity index (χ2n) is 15.9. The van der Waals surface area contributed by atoms with Gasteiger partial charge in [-0.05, 0) is 75.7 Å². The smallest absolute Gasteiger partial charge is 0.258 e. The molecular formula is C55H46N4+2. The van der Waals surface area contributed by atoms with Gasteiger partial charge in [-0.25, -0.2) is 0 Å². The van der Waals surface area contributed by atoms with Crippen molar-refractivity contribution < 1.29 is 5.32 Å². The Kier molecular flexibility index (Phi) is 8.60. The van der Waals surface area contributed by atoms with E-state index in [2.05, 4.69) is 222 Å². The number of nitrogens with two attached hydrogens (primary N) is 1. The molecule has 2 aliphatic rings. The molecule has 59 heavy (non-hydrogen) atoms. The maximum Gasteiger partial charge on any atom is 0.258 e. The number of rotatable bonds is 8. The van der Waals surface area contributed by atoms with E-state index in [1.54, 1.807) is 0 Å². The molecule has 9 aromatic rings. The molecule has 11 rings (SSSR count). The first kappa shape index (κ1) is 35.2. The molecule has 3 N–H and O–H groups in total. The van der Waals surface area contributed by atoms with E-state index in [1.165, 1.54) is 93.4 Å². The largest absolute Gasteiger partial charge is 0.332 e. The van der Waals surface area contributed by atoms with Crippen molar-refractivity contribution in [2.24, 2.45) is 0 Å². The number of hydrogen-bond donors (Lipinski definition) is 2. The number of nitrogens with zero attached hydrogens (tertiary/aromatic N) is 2. The average Bonchev–Trinajstić information content (AvgIpc) is 3.63. The highest BCUT2D eigenvalue weighted by Gasteiger charge is 2.36. The van der Waals surface area contributed by atoms with E-state index in [4.69, 9.17) is 0 Å². The summed E-state index contributed by atoms with van der Waals surface area (Å²) in [5.74, 6) is 0. The van der Waals surface area contributed by atoms with Gasteiger partial charge < -0.3 is 10.6 Å². The van der Waals surface area contributed by atoms with E-state index in [9.17, 15) is 0 Å². The van der Waals surface area contributed by atoms with Crippen LogP contribution in [-0.4, -0.2) is 4.68 Å². The van der Waals surface area contributed by atoms with Crippen LogP contribution in [0.5, 0.6) is 0 Å². The van der Waals surface area contributed by atoms with Crippen molar-refractivity contribution in [3.05, 3.63) is 232 Å². The van der Waals surface area contributed by atoms with Crippen LogP contribution in [-0.2, 0) is 12.8 Å². The number of quaternary nitrogens is 1. The lowest BCUT2D eigenvalue weighted by Gasteiger charge is -2.30. The molecule has 4 heteroatoms. The number of fused-ring (bicyclic) bond motifs is 6. The van der Waals surface area contributed by atoms with E-state index in [0.717, 1.165) is 18.5 Å². The van der Waals surface area contributed by atoms with Crippen LogP contribution >= 0.6 is 0 Å². The Morgan fingerprint density at radius 1 is 0.559 bits per heavy atom. The van der Waals surface area contributed by atoms with Crippen LogP contribution in [0.1, 0.15) is 59.4 Å². The molecule has 2 unspecified atom stereocenters. The van der Waals surface area contributed by atoms with Crippen LogP contribution in [0.3, 0.4) is 0 Å². The maximum absolute atomic E-state index is 3.98. The van der Waals surface area contributed by atoms with Crippen molar-refractivity contribution in [3.8, 4) is 11.1 Å². The van der Waals surface area contributed by atoms with Gasteiger partial charge in [0.05, 0.1) is 5.56 Å². The molecule has 0 saturated carbocycles. The monoisotopic (exact) mass is 762 g/mol. The molecule has 284 valence electrons. The zero-order valence-corrected chi connectivity index (χ0v) is 33.4. The molecule has 1 aromatic heterocycles. The van der Waals surface area contributed by atoms with Gasteiger partial charge in [-0.2, -0.15) is 0 Å². The summed E-state index contributed by atoms with van der Waals surface area (Å²) in [4.78, 5) is 0. The highest BCUT2D eigenvalue weighted by molar-refractivity contribution is 6.21. The molecule has 0 fully saturated rings. The Labute approximate surface area is 344 Å². The fourth-order valence-corrected chi connectivity index (χ4v) is 9.65. The first-order valence-corrected chi connectivity index (χ1v) is 21.1. The summed E-state index contributed by atoms with van der Waals surface area (Å²) in [6.07, 6.45) is 4.42. The number of aryl methyl sites for hydroxylation is 2. The molecule has 4 nitrogen and oxygen atoms in total. The minimum atomic E-state index is 0.0500. The van der Waals surface area contributed by atoms with Gasteiger partial charge in [0.2, 0.25) is 0 Å².